The van der Waals surface area contributed by atoms with Crippen LogP contribution in [0.3, 0.4) is 0 Å². The van der Waals surface area contributed by atoms with Crippen LogP contribution in [-0.2, 0) is 4.74 Å². The van der Waals surface area contributed by atoms with Gasteiger partial charge in [0.05, 0.1) is 0 Å². The maximum atomic E-state index is 12.6. The van der Waals surface area contributed by atoms with E-state index < -0.39 is 24.1 Å². The Morgan fingerprint density at radius 1 is 1.37 bits per heavy atom. The number of halogens is 3. The molecule has 0 atom stereocenters. The van der Waals surface area contributed by atoms with Gasteiger partial charge in [0, 0.05) is 13.1 Å². The third kappa shape index (κ3) is 7.17. The van der Waals surface area contributed by atoms with Crippen LogP contribution in [0.5, 0.6) is 0 Å². The summed E-state index contributed by atoms with van der Waals surface area (Å²) in [7, 11) is 0. The summed E-state index contributed by atoms with van der Waals surface area (Å²) >= 11 is 0. The molecule has 0 unspecified atom stereocenters. The van der Waals surface area contributed by atoms with Crippen LogP contribution in [0.2, 0.25) is 0 Å². The molecule has 0 fully saturated rings. The first-order valence-corrected chi connectivity index (χ1v) is 5.96. The standard InChI is InChI=1S/C11H18BF3NO2.K/c1-11(2,3)18-10(17)16-7-4-5-9(6-8-16)12(13,14)15;/h6H,4-5,7-8H2,1-3H3;/q-1;+1. The van der Waals surface area contributed by atoms with Gasteiger partial charge in [0.2, 0.25) is 0 Å². The van der Waals surface area contributed by atoms with Crippen molar-refractivity contribution in [3.63, 3.8) is 0 Å². The number of hydrogen-bond acceptors (Lipinski definition) is 2. The van der Waals surface area contributed by atoms with Crippen molar-refractivity contribution in [3.8, 4) is 0 Å². The van der Waals surface area contributed by atoms with Crippen LogP contribution < -0.4 is 51.4 Å². The summed E-state index contributed by atoms with van der Waals surface area (Å²) in [4.78, 5) is 13.0. The van der Waals surface area contributed by atoms with E-state index in [0.29, 0.717) is 13.0 Å². The molecule has 0 aromatic carbocycles. The number of allylic oxidation sites excluding steroid dienone is 1. The van der Waals surface area contributed by atoms with Crippen LogP contribution in [0.15, 0.2) is 11.5 Å². The molecule has 3 nitrogen and oxygen atoms in total. The Morgan fingerprint density at radius 3 is 2.42 bits per heavy atom. The summed E-state index contributed by atoms with van der Waals surface area (Å²) in [5.74, 6) is 0. The second-order valence-corrected chi connectivity index (χ2v) is 5.38. The van der Waals surface area contributed by atoms with E-state index in [2.05, 4.69) is 0 Å². The second kappa shape index (κ2) is 7.49. The van der Waals surface area contributed by atoms with Crippen molar-refractivity contribution >= 4 is 13.1 Å². The van der Waals surface area contributed by atoms with Crippen molar-refractivity contribution in [2.24, 2.45) is 0 Å². The predicted octanol–water partition coefficient (Wildman–Crippen LogP) is 0.334. The minimum atomic E-state index is -4.94. The number of ether oxygens (including phenoxy) is 1. The Morgan fingerprint density at radius 2 is 1.95 bits per heavy atom. The largest absolute Gasteiger partial charge is 1.00 e. The van der Waals surface area contributed by atoms with Crippen LogP contribution in [0.25, 0.3) is 0 Å². The molecule has 1 rings (SSSR count). The van der Waals surface area contributed by atoms with Gasteiger partial charge in [-0.1, -0.05) is 12.5 Å². The molecule has 1 aliphatic heterocycles. The molecule has 0 saturated heterocycles. The summed E-state index contributed by atoms with van der Waals surface area (Å²) in [6.45, 7) is 0.493. The molecule has 0 aliphatic carbocycles. The normalized spacial score (nSPS) is 17.2. The predicted molar refractivity (Wildman–Crippen MR) is 64.2 cm³/mol. The van der Waals surface area contributed by atoms with Gasteiger partial charge in [0.15, 0.2) is 0 Å². The molecule has 0 bridgehead atoms. The summed E-state index contributed by atoms with van der Waals surface area (Å²) in [5.41, 5.74) is -1.13. The first-order valence-electron chi connectivity index (χ1n) is 5.96. The van der Waals surface area contributed by atoms with Crippen LogP contribution in [0, 0.1) is 0 Å². The molecule has 8 heteroatoms. The van der Waals surface area contributed by atoms with Gasteiger partial charge >= 0.3 is 64.5 Å². The average Bonchev–Trinajstić information content (AvgIpc) is 2.38. The van der Waals surface area contributed by atoms with Crippen LogP contribution >= 0.6 is 0 Å². The van der Waals surface area contributed by atoms with E-state index in [4.69, 9.17) is 4.74 Å². The number of rotatable bonds is 1. The van der Waals surface area contributed by atoms with E-state index in [1.807, 2.05) is 0 Å². The quantitative estimate of drug-likeness (QED) is 0.654. The van der Waals surface area contributed by atoms with E-state index in [0.717, 1.165) is 6.08 Å². The average molecular weight is 303 g/mol. The van der Waals surface area contributed by atoms with Crippen molar-refractivity contribution in [2.45, 2.75) is 39.2 Å². The number of amides is 1. The molecular formula is C11H18BF3KNO2. The van der Waals surface area contributed by atoms with E-state index >= 15 is 0 Å². The fourth-order valence-corrected chi connectivity index (χ4v) is 1.68. The molecule has 0 aromatic rings. The van der Waals surface area contributed by atoms with Gasteiger partial charge in [-0.3, -0.25) is 0 Å². The number of carbonyl (C=O) groups is 1. The monoisotopic (exact) mass is 303 g/mol. The third-order valence-electron chi connectivity index (χ3n) is 2.54. The molecule has 0 aromatic heterocycles. The van der Waals surface area contributed by atoms with Crippen molar-refractivity contribution in [3.05, 3.63) is 11.5 Å². The number of carbonyl (C=O) groups excluding carboxylic acids is 1. The molecule has 104 valence electrons. The van der Waals surface area contributed by atoms with Gasteiger partial charge in [-0.15, -0.1) is 5.47 Å². The van der Waals surface area contributed by atoms with Gasteiger partial charge in [0.25, 0.3) is 0 Å². The van der Waals surface area contributed by atoms with E-state index in [1.54, 1.807) is 20.8 Å². The minimum absolute atomic E-state index is 0. The minimum Gasteiger partial charge on any atom is -0.445 e. The van der Waals surface area contributed by atoms with Crippen LogP contribution in [0.4, 0.5) is 17.7 Å². The van der Waals surface area contributed by atoms with Crippen LogP contribution in [-0.4, -0.2) is 36.7 Å². The maximum absolute atomic E-state index is 12.6. The van der Waals surface area contributed by atoms with Crippen molar-refractivity contribution < 1.29 is 73.9 Å². The van der Waals surface area contributed by atoms with Gasteiger partial charge in [0.1, 0.15) is 5.60 Å². The Hall–Kier alpha value is 0.501. The molecule has 1 heterocycles. The fraction of sp³-hybridized carbons (Fsp3) is 0.727. The third-order valence-corrected chi connectivity index (χ3v) is 2.54. The molecule has 1 aliphatic rings. The molecule has 0 spiro atoms. The van der Waals surface area contributed by atoms with E-state index in [9.17, 15) is 17.7 Å². The van der Waals surface area contributed by atoms with Gasteiger partial charge in [-0.25, -0.2) is 4.79 Å². The Kier molecular flexibility index (Phi) is 7.69. The van der Waals surface area contributed by atoms with E-state index in [-0.39, 0.29) is 64.4 Å². The van der Waals surface area contributed by atoms with Gasteiger partial charge < -0.3 is 22.6 Å². The van der Waals surface area contributed by atoms with E-state index in [1.165, 1.54) is 4.90 Å². The zero-order chi connectivity index (χ0) is 14.0. The van der Waals surface area contributed by atoms with Crippen molar-refractivity contribution in [1.82, 2.24) is 4.90 Å². The molecule has 1 amide bonds. The molecular weight excluding hydrogens is 285 g/mol. The Labute approximate surface area is 154 Å². The fourth-order valence-electron chi connectivity index (χ4n) is 1.68. The second-order valence-electron chi connectivity index (χ2n) is 5.38. The van der Waals surface area contributed by atoms with Gasteiger partial charge in [-0.2, -0.15) is 0 Å². The van der Waals surface area contributed by atoms with Gasteiger partial charge in [-0.05, 0) is 27.2 Å². The van der Waals surface area contributed by atoms with Crippen molar-refractivity contribution in [2.75, 3.05) is 13.1 Å². The number of hydrogen-bond donors (Lipinski definition) is 0. The zero-order valence-corrected chi connectivity index (χ0v) is 15.0. The Bertz CT molecular complexity index is 353. The zero-order valence-electron chi connectivity index (χ0n) is 11.9. The molecule has 0 radical (unpaired) electrons. The summed E-state index contributed by atoms with van der Waals surface area (Å²) in [6, 6.07) is 0. The smallest absolute Gasteiger partial charge is 0.445 e. The maximum Gasteiger partial charge on any atom is 1.00 e. The summed E-state index contributed by atoms with van der Waals surface area (Å²) in [6.07, 6.45) is 0.821. The Balaban J connectivity index is 0.00000324. The molecule has 19 heavy (non-hydrogen) atoms. The van der Waals surface area contributed by atoms with Crippen LogP contribution in [0.1, 0.15) is 33.6 Å². The van der Waals surface area contributed by atoms with Crippen molar-refractivity contribution in [1.29, 1.82) is 0 Å². The number of nitrogens with zero attached hydrogens (tertiary/aromatic N) is 1. The molecule has 0 N–H and O–H groups in total. The SMILES string of the molecule is CC(C)(C)OC(=O)N1CC=C([B-](F)(F)F)CCC1.[K+]. The molecule has 0 saturated carbocycles. The topological polar surface area (TPSA) is 29.5 Å². The first kappa shape index (κ1) is 19.5. The summed E-state index contributed by atoms with van der Waals surface area (Å²) < 4.78 is 42.9. The summed E-state index contributed by atoms with van der Waals surface area (Å²) in [5, 5.41) is 0. The first-order chi connectivity index (χ1) is 8.09.